The zero-order valence-corrected chi connectivity index (χ0v) is 17.6. The maximum Gasteiger partial charge on any atom is 0.255 e. The van der Waals surface area contributed by atoms with Crippen LogP contribution >= 0.6 is 22.9 Å². The quantitative estimate of drug-likeness (QED) is 0.602. The molecule has 2 heterocycles. The summed E-state index contributed by atoms with van der Waals surface area (Å²) in [5.74, 6) is 0.349. The van der Waals surface area contributed by atoms with Gasteiger partial charge in [-0.1, -0.05) is 23.7 Å². The van der Waals surface area contributed by atoms with Crippen molar-refractivity contribution < 1.29 is 14.3 Å². The van der Waals surface area contributed by atoms with Crippen LogP contribution in [0.25, 0.3) is 0 Å². The Bertz CT molecular complexity index is 1060. The predicted molar refractivity (Wildman–Crippen MR) is 120 cm³/mol. The molecule has 30 heavy (non-hydrogen) atoms. The van der Waals surface area contributed by atoms with Crippen molar-refractivity contribution >= 4 is 46.1 Å². The highest BCUT2D eigenvalue weighted by Gasteiger charge is 2.19. The molecule has 6 nitrogen and oxygen atoms in total. The van der Waals surface area contributed by atoms with Gasteiger partial charge in [0.15, 0.2) is 0 Å². The molecule has 0 radical (unpaired) electrons. The van der Waals surface area contributed by atoms with E-state index < -0.39 is 0 Å². The molecule has 3 aromatic rings. The maximum atomic E-state index is 12.7. The van der Waals surface area contributed by atoms with E-state index in [4.69, 9.17) is 16.3 Å². The third kappa shape index (κ3) is 4.93. The van der Waals surface area contributed by atoms with Crippen molar-refractivity contribution in [1.82, 2.24) is 5.32 Å². The molecule has 0 atom stereocenters. The Hall–Kier alpha value is -3.03. The van der Waals surface area contributed by atoms with Gasteiger partial charge < -0.3 is 20.3 Å². The van der Waals surface area contributed by atoms with E-state index in [1.807, 2.05) is 34.5 Å². The minimum atomic E-state index is -0.252. The van der Waals surface area contributed by atoms with Crippen molar-refractivity contribution in [3.63, 3.8) is 0 Å². The number of rotatable bonds is 6. The van der Waals surface area contributed by atoms with E-state index in [0.29, 0.717) is 41.7 Å². The van der Waals surface area contributed by atoms with Gasteiger partial charge in [-0.15, -0.1) is 11.3 Å². The predicted octanol–water partition coefficient (Wildman–Crippen LogP) is 4.17. The third-order valence-electron chi connectivity index (χ3n) is 4.64. The van der Waals surface area contributed by atoms with Crippen LogP contribution in [0.3, 0.4) is 0 Å². The average Bonchev–Trinajstić information content (AvgIpc) is 3.26. The summed E-state index contributed by atoms with van der Waals surface area (Å²) in [7, 11) is 0. The van der Waals surface area contributed by atoms with Crippen molar-refractivity contribution in [3.8, 4) is 5.75 Å². The Morgan fingerprint density at radius 1 is 1.20 bits per heavy atom. The molecule has 0 bridgehead atoms. The molecule has 8 heteroatoms. The van der Waals surface area contributed by atoms with Crippen LogP contribution in [0, 0.1) is 0 Å². The molecule has 154 valence electrons. The van der Waals surface area contributed by atoms with Gasteiger partial charge in [0.25, 0.3) is 5.91 Å². The first-order chi connectivity index (χ1) is 14.6. The topological polar surface area (TPSA) is 70.7 Å². The monoisotopic (exact) mass is 441 g/mol. The average molecular weight is 442 g/mol. The summed E-state index contributed by atoms with van der Waals surface area (Å²) in [6.07, 6.45) is 0. The van der Waals surface area contributed by atoms with Crippen molar-refractivity contribution in [1.29, 1.82) is 0 Å². The molecular weight excluding hydrogens is 422 g/mol. The number of piperazine rings is 1. The molecule has 2 amide bonds. The molecule has 0 aliphatic carbocycles. The molecule has 0 unspecified atom stereocenters. The van der Waals surface area contributed by atoms with Crippen LogP contribution in [0.15, 0.2) is 60.0 Å². The van der Waals surface area contributed by atoms with Crippen molar-refractivity contribution in [2.24, 2.45) is 0 Å². The molecule has 1 aliphatic rings. The maximum absolute atomic E-state index is 12.7. The van der Waals surface area contributed by atoms with Crippen molar-refractivity contribution in [2.75, 3.05) is 29.9 Å². The van der Waals surface area contributed by atoms with E-state index in [-0.39, 0.29) is 18.4 Å². The number of ether oxygens (including phenoxy) is 1. The summed E-state index contributed by atoms with van der Waals surface area (Å²) in [5, 5.41) is 8.13. The zero-order chi connectivity index (χ0) is 20.9. The number of hydrogen-bond acceptors (Lipinski definition) is 5. The molecule has 1 aliphatic heterocycles. The smallest absolute Gasteiger partial charge is 0.255 e. The zero-order valence-electron chi connectivity index (χ0n) is 16.1. The first kappa shape index (κ1) is 20.3. The van der Waals surface area contributed by atoms with Gasteiger partial charge in [0.05, 0.1) is 17.3 Å². The highest BCUT2D eigenvalue weighted by atomic mass is 35.5. The number of amides is 2. The van der Waals surface area contributed by atoms with Gasteiger partial charge in [-0.2, -0.15) is 0 Å². The van der Waals surface area contributed by atoms with E-state index in [1.165, 1.54) is 0 Å². The number of nitrogens with one attached hydrogen (secondary N) is 2. The van der Waals surface area contributed by atoms with Crippen LogP contribution in [0.4, 0.5) is 11.4 Å². The molecule has 2 N–H and O–H groups in total. The number of benzene rings is 2. The lowest BCUT2D eigenvalue weighted by atomic mass is 10.2. The fourth-order valence-corrected chi connectivity index (χ4v) is 4.08. The number of halogens is 1. The highest BCUT2D eigenvalue weighted by Crippen LogP contribution is 2.29. The van der Waals surface area contributed by atoms with E-state index in [1.54, 1.807) is 41.7 Å². The van der Waals surface area contributed by atoms with Gasteiger partial charge in [0.2, 0.25) is 5.91 Å². The molecule has 2 aromatic carbocycles. The summed E-state index contributed by atoms with van der Waals surface area (Å²) < 4.78 is 5.77. The normalized spacial score (nSPS) is 13.6. The molecule has 1 aromatic heterocycles. The lowest BCUT2D eigenvalue weighted by molar-refractivity contribution is -0.120. The largest absolute Gasteiger partial charge is 0.488 e. The Kier molecular flexibility index (Phi) is 6.21. The van der Waals surface area contributed by atoms with Crippen LogP contribution in [-0.2, 0) is 11.4 Å². The lowest BCUT2D eigenvalue weighted by Gasteiger charge is -2.29. The van der Waals surface area contributed by atoms with E-state index in [9.17, 15) is 9.59 Å². The second-order valence-corrected chi connectivity index (χ2v) is 8.23. The fraction of sp³-hybridized carbons (Fsp3) is 0.182. The van der Waals surface area contributed by atoms with E-state index >= 15 is 0 Å². The summed E-state index contributed by atoms with van der Waals surface area (Å²) in [5.41, 5.74) is 1.85. The van der Waals surface area contributed by atoms with Gasteiger partial charge in [0, 0.05) is 29.2 Å². The lowest BCUT2D eigenvalue weighted by Crippen LogP contribution is -2.47. The van der Waals surface area contributed by atoms with Gasteiger partial charge in [0.1, 0.15) is 12.4 Å². The minimum Gasteiger partial charge on any atom is -0.488 e. The second-order valence-electron chi connectivity index (χ2n) is 6.79. The third-order valence-corrected chi connectivity index (χ3v) is 5.79. The molecule has 0 spiro atoms. The number of nitrogens with zero attached hydrogens (tertiary/aromatic N) is 1. The Morgan fingerprint density at radius 3 is 2.87 bits per heavy atom. The van der Waals surface area contributed by atoms with Gasteiger partial charge >= 0.3 is 0 Å². The van der Waals surface area contributed by atoms with Crippen LogP contribution < -0.4 is 20.3 Å². The molecule has 1 saturated heterocycles. The number of hydrogen-bond donors (Lipinski definition) is 2. The first-order valence-electron chi connectivity index (χ1n) is 9.46. The number of anilines is 2. The Morgan fingerprint density at radius 2 is 2.10 bits per heavy atom. The second kappa shape index (κ2) is 9.19. The van der Waals surface area contributed by atoms with Crippen LogP contribution in [0.5, 0.6) is 5.75 Å². The van der Waals surface area contributed by atoms with Crippen LogP contribution in [-0.4, -0.2) is 31.4 Å². The molecule has 0 saturated carbocycles. The van der Waals surface area contributed by atoms with Gasteiger partial charge in [-0.3, -0.25) is 9.59 Å². The summed E-state index contributed by atoms with van der Waals surface area (Å²) in [6, 6.07) is 16.3. The molecule has 1 fully saturated rings. The van der Waals surface area contributed by atoms with Gasteiger partial charge in [-0.05, 0) is 47.8 Å². The Balaban J connectivity index is 1.41. The van der Waals surface area contributed by atoms with Gasteiger partial charge in [-0.25, -0.2) is 0 Å². The molecule has 4 rings (SSSR count). The van der Waals surface area contributed by atoms with Crippen LogP contribution in [0.1, 0.15) is 15.2 Å². The summed E-state index contributed by atoms with van der Waals surface area (Å²) >= 11 is 8.04. The Labute approximate surface area is 183 Å². The highest BCUT2D eigenvalue weighted by molar-refractivity contribution is 7.09. The summed E-state index contributed by atoms with van der Waals surface area (Å²) in [4.78, 5) is 27.3. The van der Waals surface area contributed by atoms with Crippen molar-refractivity contribution in [3.05, 3.63) is 75.4 Å². The summed E-state index contributed by atoms with van der Waals surface area (Å²) in [6.45, 7) is 2.01. The number of carbonyl (C=O) groups is 2. The fourth-order valence-electron chi connectivity index (χ4n) is 3.16. The SMILES string of the molecule is O=C1CN(c2ccc(NC(=O)c3cccc(OCc4cccs4)c3)cc2Cl)CCN1. The first-order valence-corrected chi connectivity index (χ1v) is 10.7. The standard InChI is InChI=1S/C22H20ClN3O3S/c23-19-12-16(6-7-20(19)26-9-8-24-21(27)13-26)25-22(28)15-3-1-4-17(11-15)29-14-18-5-2-10-30-18/h1-7,10-12H,8-9,13-14H2,(H,24,27)(H,25,28). The van der Waals surface area contributed by atoms with Crippen molar-refractivity contribution in [2.45, 2.75) is 6.61 Å². The van der Waals surface area contributed by atoms with E-state index in [0.717, 1.165) is 10.6 Å². The van der Waals surface area contributed by atoms with Crippen LogP contribution in [0.2, 0.25) is 5.02 Å². The number of carbonyl (C=O) groups excluding carboxylic acids is 2. The van der Waals surface area contributed by atoms with E-state index in [2.05, 4.69) is 10.6 Å². The number of thiophene rings is 1. The minimum absolute atomic E-state index is 0.0316. The molecular formula is C22H20ClN3O3S.